The van der Waals surface area contributed by atoms with Crippen LogP contribution in [0.3, 0.4) is 0 Å². The van der Waals surface area contributed by atoms with Crippen LogP contribution >= 0.6 is 0 Å². The summed E-state index contributed by atoms with van der Waals surface area (Å²) in [5.74, 6) is 0. The van der Waals surface area contributed by atoms with E-state index in [4.69, 9.17) is 0 Å². The molecule has 1 aromatic carbocycles. The molecule has 4 heteroatoms. The molecule has 0 aliphatic heterocycles. The Morgan fingerprint density at radius 3 is 3.06 bits per heavy atom. The molecule has 0 fully saturated rings. The maximum Gasteiger partial charge on any atom is 0.342 e. The van der Waals surface area contributed by atoms with Gasteiger partial charge in [0.25, 0.3) is 0 Å². The van der Waals surface area contributed by atoms with Gasteiger partial charge >= 0.3 is 6.03 Å². The standard InChI is InChI=1S/C13H13N3O/c17-13(16-9-3-8-14-16)15-12-7-6-10-4-1-2-5-11(10)12/h1-5,8-9,12H,6-7H2,(H,15,17). The van der Waals surface area contributed by atoms with Crippen molar-refractivity contribution in [1.82, 2.24) is 15.1 Å². The molecule has 86 valence electrons. The monoisotopic (exact) mass is 227 g/mol. The highest BCUT2D eigenvalue weighted by atomic mass is 16.2. The highest BCUT2D eigenvalue weighted by Gasteiger charge is 2.23. The van der Waals surface area contributed by atoms with Gasteiger partial charge in [-0.15, -0.1) is 0 Å². The molecule has 0 saturated carbocycles. The fourth-order valence-electron chi connectivity index (χ4n) is 2.31. The Morgan fingerprint density at radius 2 is 2.24 bits per heavy atom. The van der Waals surface area contributed by atoms with Gasteiger partial charge in [0, 0.05) is 12.4 Å². The molecule has 2 aromatic rings. The number of amides is 1. The van der Waals surface area contributed by atoms with Gasteiger partial charge in [0.1, 0.15) is 0 Å². The predicted octanol–water partition coefficient (Wildman–Crippen LogP) is 2.13. The molecule has 4 nitrogen and oxygen atoms in total. The molecule has 17 heavy (non-hydrogen) atoms. The number of carbonyl (C=O) groups is 1. The molecule has 3 rings (SSSR count). The lowest BCUT2D eigenvalue weighted by molar-refractivity contribution is 0.235. The van der Waals surface area contributed by atoms with Crippen LogP contribution in [0.25, 0.3) is 0 Å². The van der Waals surface area contributed by atoms with Crippen LogP contribution in [0.15, 0.2) is 42.7 Å². The molecular formula is C13H13N3O. The van der Waals surface area contributed by atoms with Crippen LogP contribution in [0.1, 0.15) is 23.6 Å². The van der Waals surface area contributed by atoms with E-state index in [9.17, 15) is 4.79 Å². The topological polar surface area (TPSA) is 46.9 Å². The Kier molecular flexibility index (Phi) is 2.40. The lowest BCUT2D eigenvalue weighted by Crippen LogP contribution is -2.31. The van der Waals surface area contributed by atoms with Crippen molar-refractivity contribution in [3.63, 3.8) is 0 Å². The lowest BCUT2D eigenvalue weighted by atomic mass is 10.1. The quantitative estimate of drug-likeness (QED) is 0.811. The minimum absolute atomic E-state index is 0.114. The summed E-state index contributed by atoms with van der Waals surface area (Å²) < 4.78 is 1.32. The first kappa shape index (κ1) is 10.1. The van der Waals surface area contributed by atoms with E-state index >= 15 is 0 Å². The Balaban J connectivity index is 1.78. The van der Waals surface area contributed by atoms with Gasteiger partial charge in [0.05, 0.1) is 6.04 Å². The molecule has 1 amide bonds. The van der Waals surface area contributed by atoms with Crippen molar-refractivity contribution in [2.24, 2.45) is 0 Å². The Bertz CT molecular complexity index is 533. The highest BCUT2D eigenvalue weighted by molar-refractivity contribution is 5.76. The van der Waals surface area contributed by atoms with E-state index in [0.717, 1.165) is 12.8 Å². The van der Waals surface area contributed by atoms with Crippen LogP contribution in [0, 0.1) is 0 Å². The number of aromatic nitrogens is 2. The lowest BCUT2D eigenvalue weighted by Gasteiger charge is -2.13. The normalized spacial score (nSPS) is 17.8. The molecular weight excluding hydrogens is 214 g/mol. The zero-order valence-electron chi connectivity index (χ0n) is 9.34. The van der Waals surface area contributed by atoms with E-state index < -0.39 is 0 Å². The zero-order valence-corrected chi connectivity index (χ0v) is 9.34. The second-order valence-electron chi connectivity index (χ2n) is 4.19. The smallest absolute Gasteiger partial charge is 0.329 e. The number of rotatable bonds is 1. The number of benzene rings is 1. The van der Waals surface area contributed by atoms with E-state index in [0.29, 0.717) is 0 Å². The summed E-state index contributed by atoms with van der Waals surface area (Å²) in [5, 5.41) is 6.92. The summed E-state index contributed by atoms with van der Waals surface area (Å²) in [6.45, 7) is 0. The molecule has 1 atom stereocenters. The fraction of sp³-hybridized carbons (Fsp3) is 0.231. The Hall–Kier alpha value is -2.10. The van der Waals surface area contributed by atoms with Crippen LogP contribution in [0.2, 0.25) is 0 Å². The zero-order chi connectivity index (χ0) is 11.7. The number of nitrogens with zero attached hydrogens (tertiary/aromatic N) is 2. The molecule has 1 unspecified atom stereocenters. The van der Waals surface area contributed by atoms with Gasteiger partial charge in [-0.25, -0.2) is 4.79 Å². The summed E-state index contributed by atoms with van der Waals surface area (Å²) in [4.78, 5) is 11.9. The number of aryl methyl sites for hydroxylation is 1. The third kappa shape index (κ3) is 1.82. The number of carbonyl (C=O) groups excluding carboxylic acids is 1. The number of nitrogens with one attached hydrogen (secondary N) is 1. The van der Waals surface area contributed by atoms with Gasteiger partial charge in [-0.05, 0) is 30.0 Å². The van der Waals surface area contributed by atoms with Crippen LogP contribution in [0.5, 0.6) is 0 Å². The molecule has 0 radical (unpaired) electrons. The third-order valence-electron chi connectivity index (χ3n) is 3.14. The van der Waals surface area contributed by atoms with Gasteiger partial charge in [-0.1, -0.05) is 24.3 Å². The highest BCUT2D eigenvalue weighted by Crippen LogP contribution is 2.30. The summed E-state index contributed by atoms with van der Waals surface area (Å²) in [6, 6.07) is 9.93. The van der Waals surface area contributed by atoms with Gasteiger partial charge in [0.15, 0.2) is 0 Å². The van der Waals surface area contributed by atoms with Crippen molar-refractivity contribution < 1.29 is 4.79 Å². The van der Waals surface area contributed by atoms with Crippen molar-refractivity contribution in [1.29, 1.82) is 0 Å². The van der Waals surface area contributed by atoms with Crippen LogP contribution in [-0.4, -0.2) is 15.8 Å². The fourth-order valence-corrected chi connectivity index (χ4v) is 2.31. The maximum absolute atomic E-state index is 11.9. The molecule has 1 aliphatic carbocycles. The molecule has 1 N–H and O–H groups in total. The van der Waals surface area contributed by atoms with E-state index in [-0.39, 0.29) is 12.1 Å². The summed E-state index contributed by atoms with van der Waals surface area (Å²) in [6.07, 6.45) is 5.24. The maximum atomic E-state index is 11.9. The van der Waals surface area contributed by atoms with Gasteiger partial charge in [0.2, 0.25) is 0 Å². The van der Waals surface area contributed by atoms with E-state index in [1.807, 2.05) is 12.1 Å². The van der Waals surface area contributed by atoms with Crippen molar-refractivity contribution >= 4 is 6.03 Å². The van der Waals surface area contributed by atoms with Crippen molar-refractivity contribution in [3.8, 4) is 0 Å². The van der Waals surface area contributed by atoms with E-state index in [1.54, 1.807) is 18.5 Å². The van der Waals surface area contributed by atoms with Crippen LogP contribution in [0.4, 0.5) is 4.79 Å². The molecule has 1 aliphatic rings. The first-order chi connectivity index (χ1) is 8.34. The second-order valence-corrected chi connectivity index (χ2v) is 4.19. The van der Waals surface area contributed by atoms with Crippen LogP contribution < -0.4 is 5.32 Å². The SMILES string of the molecule is O=C(NC1CCc2ccccc21)n1cccn1. The second kappa shape index (κ2) is 4.05. The molecule has 0 saturated heterocycles. The molecule has 1 heterocycles. The number of fused-ring (bicyclic) bond motifs is 1. The van der Waals surface area contributed by atoms with Crippen LogP contribution in [-0.2, 0) is 6.42 Å². The average Bonchev–Trinajstić information content (AvgIpc) is 2.98. The molecule has 0 bridgehead atoms. The minimum atomic E-state index is -0.170. The predicted molar refractivity (Wildman–Crippen MR) is 63.7 cm³/mol. The first-order valence-electron chi connectivity index (χ1n) is 5.73. The molecule has 0 spiro atoms. The number of hydrogen-bond donors (Lipinski definition) is 1. The van der Waals surface area contributed by atoms with Gasteiger partial charge in [-0.3, -0.25) is 0 Å². The summed E-state index contributed by atoms with van der Waals surface area (Å²) >= 11 is 0. The van der Waals surface area contributed by atoms with Gasteiger partial charge in [-0.2, -0.15) is 9.78 Å². The van der Waals surface area contributed by atoms with Crippen molar-refractivity contribution in [3.05, 3.63) is 53.9 Å². The van der Waals surface area contributed by atoms with Crippen molar-refractivity contribution in [2.75, 3.05) is 0 Å². The average molecular weight is 227 g/mol. The Morgan fingerprint density at radius 1 is 1.35 bits per heavy atom. The number of hydrogen-bond acceptors (Lipinski definition) is 2. The minimum Gasteiger partial charge on any atom is -0.329 e. The Labute approximate surface area is 99.3 Å². The third-order valence-corrected chi connectivity index (χ3v) is 3.14. The van der Waals surface area contributed by atoms with E-state index in [2.05, 4.69) is 22.5 Å². The van der Waals surface area contributed by atoms with E-state index in [1.165, 1.54) is 15.8 Å². The first-order valence-corrected chi connectivity index (χ1v) is 5.73. The molecule has 1 aromatic heterocycles. The summed E-state index contributed by atoms with van der Waals surface area (Å²) in [5.41, 5.74) is 2.56. The largest absolute Gasteiger partial charge is 0.342 e. The van der Waals surface area contributed by atoms with Crippen molar-refractivity contribution in [2.45, 2.75) is 18.9 Å². The van der Waals surface area contributed by atoms with Gasteiger partial charge < -0.3 is 5.32 Å². The summed E-state index contributed by atoms with van der Waals surface area (Å²) in [7, 11) is 0.